The Morgan fingerprint density at radius 3 is 1.07 bits per heavy atom. The van der Waals surface area contributed by atoms with Gasteiger partial charge in [0, 0.05) is 6.04 Å². The van der Waals surface area contributed by atoms with Gasteiger partial charge in [-0.1, -0.05) is 195 Å². The second-order valence-corrected chi connectivity index (χ2v) is 16.8. The first-order valence-electron chi connectivity index (χ1n) is 20.6. The molecule has 5 heteroatoms. The van der Waals surface area contributed by atoms with Crippen molar-refractivity contribution in [2.24, 2.45) is 0 Å². The Hall–Kier alpha value is 0.160. The summed E-state index contributed by atoms with van der Waals surface area (Å²) in [6.45, 7) is 11.8. The van der Waals surface area contributed by atoms with Crippen LogP contribution in [0.3, 0.4) is 0 Å². The van der Waals surface area contributed by atoms with Crippen molar-refractivity contribution in [2.75, 3.05) is 13.1 Å². The minimum Gasteiger partial charge on any atom is -0.300 e. The third kappa shape index (κ3) is 27.8. The molecule has 1 unspecified atom stereocenters. The van der Waals surface area contributed by atoms with Gasteiger partial charge in [-0.25, -0.2) is 0 Å². The van der Waals surface area contributed by atoms with Crippen LogP contribution in [0.15, 0.2) is 0 Å². The highest BCUT2D eigenvalue weighted by Crippen LogP contribution is 2.44. The van der Waals surface area contributed by atoms with Crippen molar-refractivity contribution in [1.82, 2.24) is 4.90 Å². The van der Waals surface area contributed by atoms with E-state index in [0.29, 0.717) is 0 Å². The maximum Gasteiger partial charge on any atom is 0.174 e. The third-order valence-corrected chi connectivity index (χ3v) is 12.2. The van der Waals surface area contributed by atoms with E-state index in [-0.39, 0.29) is 16.9 Å². The lowest BCUT2D eigenvalue weighted by atomic mass is 9.97. The molecule has 0 radical (unpaired) electrons. The van der Waals surface area contributed by atoms with Gasteiger partial charge in [0.2, 0.25) is 0 Å². The summed E-state index contributed by atoms with van der Waals surface area (Å²) in [5, 5.41) is 0. The molecule has 0 spiro atoms. The fraction of sp³-hybridized carbons (Fsp3) is 1.00. The van der Waals surface area contributed by atoms with Gasteiger partial charge in [-0.3, -0.25) is 9.13 Å². The molecular formula is C40H81NO2P2. The van der Waals surface area contributed by atoms with Gasteiger partial charge in [0.1, 0.15) is 4.90 Å². The zero-order valence-electron chi connectivity index (χ0n) is 31.3. The average Bonchev–Trinajstić information content (AvgIpc) is 3.06. The normalized spacial score (nSPS) is 14.1. The Bertz CT molecular complexity index is 589. The Labute approximate surface area is 287 Å². The molecule has 0 aromatic rings. The van der Waals surface area contributed by atoms with Crippen molar-refractivity contribution >= 4 is 16.9 Å². The first-order valence-corrected chi connectivity index (χ1v) is 22.2. The topological polar surface area (TPSA) is 37.4 Å². The van der Waals surface area contributed by atoms with Crippen LogP contribution in [0.5, 0.6) is 0 Å². The van der Waals surface area contributed by atoms with Crippen molar-refractivity contribution in [2.45, 2.75) is 244 Å². The van der Waals surface area contributed by atoms with Crippen molar-refractivity contribution in [1.29, 1.82) is 0 Å². The molecule has 0 aromatic carbocycles. The van der Waals surface area contributed by atoms with E-state index >= 15 is 0 Å². The highest BCUT2D eigenvalue weighted by Gasteiger charge is 2.31. The van der Waals surface area contributed by atoms with Crippen LogP contribution < -0.4 is 0 Å². The van der Waals surface area contributed by atoms with E-state index in [9.17, 15) is 9.13 Å². The minimum absolute atomic E-state index is 0.0808. The largest absolute Gasteiger partial charge is 0.300 e. The second-order valence-electron chi connectivity index (χ2n) is 14.4. The summed E-state index contributed by atoms with van der Waals surface area (Å²) in [4.78, 5) is 2.41. The SMILES string of the molecule is CCCCCCCCCCN(CCCCCCCCCC)C(CCCCCC)CCCCCCC(CCCCCC)(P=O)P=O. The van der Waals surface area contributed by atoms with Crippen LogP contribution in [0.25, 0.3) is 0 Å². The maximum absolute atomic E-state index is 12.0. The Balaban J connectivity index is 4.91. The van der Waals surface area contributed by atoms with Crippen molar-refractivity contribution in [3.8, 4) is 0 Å². The molecule has 0 aliphatic rings. The van der Waals surface area contributed by atoms with Crippen LogP contribution in [-0.2, 0) is 9.13 Å². The summed E-state index contributed by atoms with van der Waals surface area (Å²) in [6.07, 6.45) is 41.7. The molecule has 3 nitrogen and oxygen atoms in total. The highest BCUT2D eigenvalue weighted by atomic mass is 31.1. The van der Waals surface area contributed by atoms with Crippen molar-refractivity contribution < 1.29 is 9.13 Å². The molecule has 0 fully saturated rings. The van der Waals surface area contributed by atoms with Crippen molar-refractivity contribution in [3.63, 3.8) is 0 Å². The summed E-state index contributed by atoms with van der Waals surface area (Å²) < 4.78 is 24.0. The molecule has 45 heavy (non-hydrogen) atoms. The van der Waals surface area contributed by atoms with E-state index in [4.69, 9.17) is 0 Å². The van der Waals surface area contributed by atoms with Gasteiger partial charge in [0.05, 0.1) is 0 Å². The molecule has 0 saturated carbocycles. The van der Waals surface area contributed by atoms with Gasteiger partial charge in [-0.05, 0) is 51.6 Å². The molecule has 0 amide bonds. The fourth-order valence-electron chi connectivity index (χ4n) is 6.99. The zero-order valence-corrected chi connectivity index (χ0v) is 33.1. The third-order valence-electron chi connectivity index (χ3n) is 10.1. The summed E-state index contributed by atoms with van der Waals surface area (Å²) in [5.41, 5.74) is 0. The van der Waals surface area contributed by atoms with Crippen molar-refractivity contribution in [3.05, 3.63) is 0 Å². The van der Waals surface area contributed by atoms with Gasteiger partial charge >= 0.3 is 0 Å². The Morgan fingerprint density at radius 1 is 0.400 bits per heavy atom. The van der Waals surface area contributed by atoms with E-state index in [2.05, 4.69) is 32.6 Å². The molecule has 0 aliphatic carbocycles. The lowest BCUT2D eigenvalue weighted by Gasteiger charge is -2.32. The molecule has 0 aliphatic heterocycles. The number of nitrogens with zero attached hydrogens (tertiary/aromatic N) is 1. The summed E-state index contributed by atoms with van der Waals surface area (Å²) in [6, 6.07) is 0.744. The average molecular weight is 670 g/mol. The molecule has 1 atom stereocenters. The van der Waals surface area contributed by atoms with Crippen LogP contribution in [0.2, 0.25) is 0 Å². The van der Waals surface area contributed by atoms with E-state index in [1.54, 1.807) is 0 Å². The monoisotopic (exact) mass is 670 g/mol. The van der Waals surface area contributed by atoms with Gasteiger partial charge in [0.25, 0.3) is 0 Å². The summed E-state index contributed by atoms with van der Waals surface area (Å²) in [5.74, 6) is 0. The summed E-state index contributed by atoms with van der Waals surface area (Å²) >= 11 is 0. The van der Waals surface area contributed by atoms with Gasteiger partial charge in [-0.2, -0.15) is 0 Å². The van der Waals surface area contributed by atoms with Gasteiger partial charge in [0.15, 0.2) is 16.9 Å². The maximum atomic E-state index is 12.0. The zero-order chi connectivity index (χ0) is 33.1. The summed E-state index contributed by atoms with van der Waals surface area (Å²) in [7, 11) is 0.162. The fourth-order valence-corrected chi connectivity index (χ4v) is 8.12. The van der Waals surface area contributed by atoms with E-state index < -0.39 is 4.90 Å². The van der Waals surface area contributed by atoms with Gasteiger partial charge in [-0.15, -0.1) is 0 Å². The lowest BCUT2D eigenvalue weighted by molar-refractivity contribution is 0.163. The molecule has 0 N–H and O–H groups in total. The van der Waals surface area contributed by atoms with Crippen LogP contribution in [0.4, 0.5) is 0 Å². The number of hydrogen-bond donors (Lipinski definition) is 0. The molecule has 0 saturated heterocycles. The van der Waals surface area contributed by atoms with E-state index in [1.807, 2.05) is 0 Å². The molecule has 0 rings (SSSR count). The van der Waals surface area contributed by atoms with E-state index in [0.717, 1.165) is 38.1 Å². The predicted molar refractivity (Wildman–Crippen MR) is 204 cm³/mol. The van der Waals surface area contributed by atoms with E-state index in [1.165, 1.54) is 186 Å². The first kappa shape index (κ1) is 45.2. The number of hydrogen-bond acceptors (Lipinski definition) is 3. The molecule has 0 heterocycles. The van der Waals surface area contributed by atoms with Gasteiger partial charge < -0.3 is 4.90 Å². The molecule has 268 valence electrons. The second kappa shape index (κ2) is 35.5. The Morgan fingerprint density at radius 2 is 0.689 bits per heavy atom. The predicted octanol–water partition coefficient (Wildman–Crippen LogP) is 15.5. The van der Waals surface area contributed by atoms with Crippen LogP contribution >= 0.6 is 16.9 Å². The highest BCUT2D eigenvalue weighted by molar-refractivity contribution is 7.46. The number of rotatable bonds is 38. The molecule has 0 aromatic heterocycles. The molecule has 0 bridgehead atoms. The smallest absolute Gasteiger partial charge is 0.174 e. The Kier molecular flexibility index (Phi) is 35.6. The van der Waals surface area contributed by atoms with Crippen LogP contribution in [-0.4, -0.2) is 28.9 Å². The molecular weight excluding hydrogens is 588 g/mol. The van der Waals surface area contributed by atoms with Crippen LogP contribution in [0, 0.1) is 0 Å². The minimum atomic E-state index is -0.529. The first-order chi connectivity index (χ1) is 22.1. The number of unbranched alkanes of at least 4 members (excludes halogenated alkanes) is 23. The standard InChI is InChI=1S/C40H81NO2P2/c1-5-9-13-17-19-21-25-31-37-41(38-32-26-22-20-18-14-10-6-2)39(33-27-15-11-7-3)34-28-23-24-30-36-40(44-42,45-43)35-29-16-12-8-4/h39H,5-38H2,1-4H3. The quantitative estimate of drug-likeness (QED) is 0.0485. The lowest BCUT2D eigenvalue weighted by Crippen LogP contribution is -2.37. The van der Waals surface area contributed by atoms with Crippen LogP contribution in [0.1, 0.15) is 233 Å².